The van der Waals surface area contributed by atoms with Crippen LogP contribution in [0.4, 0.5) is 0 Å². The molecule has 4 unspecified atom stereocenters. The van der Waals surface area contributed by atoms with Gasteiger partial charge in [-0.2, -0.15) is 0 Å². The van der Waals surface area contributed by atoms with Crippen molar-refractivity contribution >= 4 is 11.4 Å². The molecule has 4 aliphatic rings. The van der Waals surface area contributed by atoms with Crippen LogP contribution in [0.3, 0.4) is 0 Å². The lowest BCUT2D eigenvalue weighted by molar-refractivity contribution is 0.225. The third kappa shape index (κ3) is 1.68. The molecule has 92 valence electrons. The Hall–Kier alpha value is -0.660. The average Bonchev–Trinajstić information content (AvgIpc) is 2.80. The summed E-state index contributed by atoms with van der Waals surface area (Å²) in [5.74, 6) is 1.97. The third-order valence-corrected chi connectivity index (χ3v) is 5.40. The van der Waals surface area contributed by atoms with E-state index in [1.807, 2.05) is 0 Å². The van der Waals surface area contributed by atoms with Gasteiger partial charge in [0, 0.05) is 0 Å². The molecule has 4 atom stereocenters. The minimum Gasteiger partial charge on any atom is -0.282 e. The van der Waals surface area contributed by atoms with Crippen LogP contribution < -0.4 is 0 Å². The second-order valence-corrected chi connectivity index (χ2v) is 6.42. The molecular weight excluding hydrogens is 208 g/mol. The summed E-state index contributed by atoms with van der Waals surface area (Å²) >= 11 is 0. The molecule has 3 fully saturated rings. The number of aliphatic imine (C=N–C) groups is 2. The van der Waals surface area contributed by atoms with Crippen molar-refractivity contribution in [2.24, 2.45) is 21.8 Å². The Morgan fingerprint density at radius 1 is 0.706 bits per heavy atom. The molecule has 0 bridgehead atoms. The fourth-order valence-electron chi connectivity index (χ4n) is 4.50. The van der Waals surface area contributed by atoms with Crippen molar-refractivity contribution in [3.8, 4) is 0 Å². The molecule has 0 aromatic carbocycles. The lowest BCUT2D eigenvalue weighted by Gasteiger charge is -2.38. The second-order valence-electron chi connectivity index (χ2n) is 6.42. The smallest absolute Gasteiger partial charge is 0.0729 e. The van der Waals surface area contributed by atoms with E-state index in [4.69, 9.17) is 9.98 Å². The van der Waals surface area contributed by atoms with Gasteiger partial charge in [-0.05, 0) is 50.4 Å². The molecule has 1 heterocycles. The normalized spacial score (nSPS) is 44.2. The zero-order chi connectivity index (χ0) is 11.2. The van der Waals surface area contributed by atoms with Crippen LogP contribution in [0.2, 0.25) is 0 Å². The van der Waals surface area contributed by atoms with Gasteiger partial charge in [-0.3, -0.25) is 9.98 Å². The highest BCUT2D eigenvalue weighted by Crippen LogP contribution is 2.45. The predicted molar refractivity (Wildman–Crippen MR) is 71.0 cm³/mol. The molecule has 0 saturated heterocycles. The average molecular weight is 230 g/mol. The predicted octanol–water partition coefficient (Wildman–Crippen LogP) is 3.40. The van der Waals surface area contributed by atoms with E-state index in [1.54, 1.807) is 0 Å². The summed E-state index contributed by atoms with van der Waals surface area (Å²) in [4.78, 5) is 10.1. The van der Waals surface area contributed by atoms with Crippen LogP contribution in [-0.4, -0.2) is 23.5 Å². The molecule has 2 nitrogen and oxygen atoms in total. The van der Waals surface area contributed by atoms with Crippen LogP contribution in [0.25, 0.3) is 0 Å². The number of hydrogen-bond donors (Lipinski definition) is 0. The highest BCUT2D eigenvalue weighted by Gasteiger charge is 2.41. The number of rotatable bonds is 0. The summed E-state index contributed by atoms with van der Waals surface area (Å²) in [5.41, 5.74) is 2.77. The summed E-state index contributed by atoms with van der Waals surface area (Å²) in [5, 5.41) is 0. The molecule has 3 aliphatic carbocycles. The summed E-state index contributed by atoms with van der Waals surface area (Å²) in [6, 6.07) is 1.12. The van der Waals surface area contributed by atoms with Gasteiger partial charge >= 0.3 is 0 Å². The van der Waals surface area contributed by atoms with E-state index in [0.29, 0.717) is 12.1 Å². The first-order chi connectivity index (χ1) is 8.40. The zero-order valence-electron chi connectivity index (χ0n) is 10.6. The molecular formula is C15H22N2. The molecule has 2 heteroatoms. The van der Waals surface area contributed by atoms with Gasteiger partial charge in [0.1, 0.15) is 0 Å². The molecule has 0 aromatic rings. The van der Waals surface area contributed by atoms with Gasteiger partial charge in [0.15, 0.2) is 0 Å². The lowest BCUT2D eigenvalue weighted by Crippen LogP contribution is -2.41. The lowest BCUT2D eigenvalue weighted by atomic mass is 9.75. The maximum absolute atomic E-state index is 5.07. The second kappa shape index (κ2) is 3.93. The Morgan fingerprint density at radius 3 is 1.76 bits per heavy atom. The van der Waals surface area contributed by atoms with Crippen LogP contribution in [0.1, 0.15) is 57.8 Å². The van der Waals surface area contributed by atoms with Crippen molar-refractivity contribution in [3.63, 3.8) is 0 Å². The number of nitrogens with zero attached hydrogens (tertiary/aromatic N) is 2. The SMILES string of the molecule is C1CCC2=NC3CC4CCCC4CC3N=C2C1. The van der Waals surface area contributed by atoms with E-state index >= 15 is 0 Å². The van der Waals surface area contributed by atoms with Crippen molar-refractivity contribution < 1.29 is 0 Å². The van der Waals surface area contributed by atoms with E-state index in [1.165, 1.54) is 69.2 Å². The monoisotopic (exact) mass is 230 g/mol. The van der Waals surface area contributed by atoms with Crippen LogP contribution in [0.5, 0.6) is 0 Å². The topological polar surface area (TPSA) is 24.7 Å². The van der Waals surface area contributed by atoms with Gasteiger partial charge in [-0.15, -0.1) is 0 Å². The molecule has 0 N–H and O–H groups in total. The zero-order valence-corrected chi connectivity index (χ0v) is 10.6. The standard InChI is InChI=1S/C15H22N2/c1-2-7-13-12(6-1)16-14-8-10-4-3-5-11(10)9-15(14)17-13/h10-11,14-15H,1-9H2. The van der Waals surface area contributed by atoms with Crippen LogP contribution in [0, 0.1) is 11.8 Å². The maximum atomic E-state index is 5.07. The molecule has 17 heavy (non-hydrogen) atoms. The Bertz CT molecular complexity index is 346. The van der Waals surface area contributed by atoms with Crippen molar-refractivity contribution in [3.05, 3.63) is 0 Å². The molecule has 0 aromatic heterocycles. The highest BCUT2D eigenvalue weighted by molar-refractivity contribution is 6.43. The van der Waals surface area contributed by atoms with Gasteiger partial charge < -0.3 is 0 Å². The maximum Gasteiger partial charge on any atom is 0.0729 e. The molecule has 3 saturated carbocycles. The Balaban J connectivity index is 1.60. The molecule has 0 spiro atoms. The van der Waals surface area contributed by atoms with E-state index in [9.17, 15) is 0 Å². The quantitative estimate of drug-likeness (QED) is 0.609. The Kier molecular flexibility index (Phi) is 2.38. The fraction of sp³-hybridized carbons (Fsp3) is 0.867. The molecule has 4 rings (SSSR count). The van der Waals surface area contributed by atoms with Crippen molar-refractivity contribution in [1.82, 2.24) is 0 Å². The van der Waals surface area contributed by atoms with Gasteiger partial charge in [0.2, 0.25) is 0 Å². The van der Waals surface area contributed by atoms with Crippen molar-refractivity contribution in [1.29, 1.82) is 0 Å². The first kappa shape index (κ1) is 10.3. The van der Waals surface area contributed by atoms with Crippen molar-refractivity contribution in [2.75, 3.05) is 0 Å². The third-order valence-electron chi connectivity index (χ3n) is 5.40. The fourth-order valence-corrected chi connectivity index (χ4v) is 4.50. The van der Waals surface area contributed by atoms with E-state index in [0.717, 1.165) is 11.8 Å². The van der Waals surface area contributed by atoms with Crippen LogP contribution >= 0.6 is 0 Å². The van der Waals surface area contributed by atoms with Crippen molar-refractivity contribution in [2.45, 2.75) is 69.9 Å². The molecule has 0 amide bonds. The van der Waals surface area contributed by atoms with Crippen LogP contribution in [0.15, 0.2) is 9.98 Å². The van der Waals surface area contributed by atoms with Crippen LogP contribution in [-0.2, 0) is 0 Å². The first-order valence-corrected chi connectivity index (χ1v) is 7.54. The summed E-state index contributed by atoms with van der Waals surface area (Å²) < 4.78 is 0. The summed E-state index contributed by atoms with van der Waals surface area (Å²) in [6.07, 6.45) is 12.2. The summed E-state index contributed by atoms with van der Waals surface area (Å²) in [6.45, 7) is 0. The van der Waals surface area contributed by atoms with Gasteiger partial charge in [0.05, 0.1) is 23.5 Å². The summed E-state index contributed by atoms with van der Waals surface area (Å²) in [7, 11) is 0. The van der Waals surface area contributed by atoms with Gasteiger partial charge in [-0.1, -0.05) is 19.3 Å². The van der Waals surface area contributed by atoms with E-state index in [2.05, 4.69) is 0 Å². The Labute approximate surface area is 104 Å². The van der Waals surface area contributed by atoms with E-state index in [-0.39, 0.29) is 0 Å². The van der Waals surface area contributed by atoms with Gasteiger partial charge in [0.25, 0.3) is 0 Å². The molecule has 1 aliphatic heterocycles. The van der Waals surface area contributed by atoms with E-state index < -0.39 is 0 Å². The Morgan fingerprint density at radius 2 is 1.24 bits per heavy atom. The number of fused-ring (bicyclic) bond motifs is 3. The first-order valence-electron chi connectivity index (χ1n) is 7.54. The largest absolute Gasteiger partial charge is 0.282 e. The molecule has 0 radical (unpaired) electrons. The minimum atomic E-state index is 0.561. The van der Waals surface area contributed by atoms with Gasteiger partial charge in [-0.25, -0.2) is 0 Å². The highest BCUT2D eigenvalue weighted by atomic mass is 15.0. The number of hydrogen-bond acceptors (Lipinski definition) is 2. The minimum absolute atomic E-state index is 0.561.